The highest BCUT2D eigenvalue weighted by atomic mass is 32.2. The first-order chi connectivity index (χ1) is 11.4. The lowest BCUT2D eigenvalue weighted by Crippen LogP contribution is -2.41. The third-order valence-electron chi connectivity index (χ3n) is 5.26. The minimum atomic E-state index is -3.16. The van der Waals surface area contributed by atoms with E-state index in [1.165, 1.54) is 6.26 Å². The van der Waals surface area contributed by atoms with Crippen molar-refractivity contribution in [3.8, 4) is 0 Å². The van der Waals surface area contributed by atoms with E-state index in [9.17, 15) is 13.2 Å². The SMILES string of the molecule is CS(=O)(=O)NC1CC12CCN(C(=O)c1ccc3nc[nH]c3c1)CC2. The Labute approximate surface area is 140 Å². The average Bonchev–Trinajstić information content (AvgIpc) is 2.97. The Balaban J connectivity index is 1.42. The maximum Gasteiger partial charge on any atom is 0.253 e. The maximum absolute atomic E-state index is 12.7. The molecule has 1 aromatic carbocycles. The van der Waals surface area contributed by atoms with Gasteiger partial charge in [-0.1, -0.05) is 0 Å². The molecule has 7 nitrogen and oxygen atoms in total. The predicted molar refractivity (Wildman–Crippen MR) is 90.0 cm³/mol. The van der Waals surface area contributed by atoms with E-state index in [4.69, 9.17) is 0 Å². The van der Waals surface area contributed by atoms with E-state index in [-0.39, 0.29) is 17.4 Å². The number of nitrogens with zero attached hydrogens (tertiary/aromatic N) is 2. The number of carbonyl (C=O) groups excluding carboxylic acids is 1. The number of nitrogens with one attached hydrogen (secondary N) is 2. The molecular weight excluding hydrogens is 328 g/mol. The van der Waals surface area contributed by atoms with Crippen LogP contribution in [0.5, 0.6) is 0 Å². The van der Waals surface area contributed by atoms with Crippen molar-refractivity contribution in [2.75, 3.05) is 19.3 Å². The molecule has 2 aliphatic rings. The molecule has 1 atom stereocenters. The van der Waals surface area contributed by atoms with E-state index in [0.717, 1.165) is 30.3 Å². The van der Waals surface area contributed by atoms with Gasteiger partial charge in [-0.05, 0) is 42.9 Å². The van der Waals surface area contributed by atoms with Gasteiger partial charge in [0, 0.05) is 24.7 Å². The topological polar surface area (TPSA) is 95.2 Å². The highest BCUT2D eigenvalue weighted by Gasteiger charge is 2.56. The number of carbonyl (C=O) groups is 1. The zero-order valence-corrected chi connectivity index (χ0v) is 14.3. The maximum atomic E-state index is 12.7. The Morgan fingerprint density at radius 3 is 2.83 bits per heavy atom. The van der Waals surface area contributed by atoms with E-state index < -0.39 is 10.0 Å². The first-order valence-electron chi connectivity index (χ1n) is 8.06. The smallest absolute Gasteiger partial charge is 0.253 e. The Morgan fingerprint density at radius 1 is 1.38 bits per heavy atom. The van der Waals surface area contributed by atoms with Crippen molar-refractivity contribution in [1.82, 2.24) is 19.6 Å². The number of H-pyrrole nitrogens is 1. The summed E-state index contributed by atoms with van der Waals surface area (Å²) in [6, 6.07) is 5.52. The summed E-state index contributed by atoms with van der Waals surface area (Å²) in [4.78, 5) is 21.7. The van der Waals surface area contributed by atoms with E-state index in [1.807, 2.05) is 17.0 Å². The summed E-state index contributed by atoms with van der Waals surface area (Å²) >= 11 is 0. The third-order valence-corrected chi connectivity index (χ3v) is 5.97. The third kappa shape index (κ3) is 2.80. The number of hydrogen-bond acceptors (Lipinski definition) is 4. The first-order valence-corrected chi connectivity index (χ1v) is 9.95. The summed E-state index contributed by atoms with van der Waals surface area (Å²) < 4.78 is 25.4. The van der Waals surface area contributed by atoms with Gasteiger partial charge in [0.05, 0.1) is 23.6 Å². The molecule has 1 saturated carbocycles. The number of aromatic nitrogens is 2. The van der Waals surface area contributed by atoms with Gasteiger partial charge >= 0.3 is 0 Å². The standard InChI is InChI=1S/C16H20N4O3S/c1-24(22,23)19-14-9-16(14)4-6-20(7-5-16)15(21)11-2-3-12-13(8-11)18-10-17-12/h2-3,8,10,14,19H,4-7,9H2,1H3,(H,17,18). The van der Waals surface area contributed by atoms with Crippen LogP contribution in [0.15, 0.2) is 24.5 Å². The number of benzene rings is 1. The number of sulfonamides is 1. The Kier molecular flexibility index (Phi) is 3.43. The van der Waals surface area contributed by atoms with E-state index in [0.29, 0.717) is 18.7 Å². The van der Waals surface area contributed by atoms with Crippen molar-refractivity contribution in [3.63, 3.8) is 0 Å². The van der Waals surface area contributed by atoms with Crippen LogP contribution in [0, 0.1) is 5.41 Å². The molecule has 1 aliphatic heterocycles. The molecule has 2 N–H and O–H groups in total. The van der Waals surface area contributed by atoms with Crippen LogP contribution >= 0.6 is 0 Å². The normalized spacial score (nSPS) is 22.9. The van der Waals surface area contributed by atoms with Crippen LogP contribution in [-0.4, -0.2) is 54.6 Å². The van der Waals surface area contributed by atoms with Gasteiger partial charge in [0.25, 0.3) is 5.91 Å². The van der Waals surface area contributed by atoms with E-state index >= 15 is 0 Å². The van der Waals surface area contributed by atoms with Crippen molar-refractivity contribution in [1.29, 1.82) is 0 Å². The molecular formula is C16H20N4O3S. The molecule has 1 aromatic heterocycles. The highest BCUT2D eigenvalue weighted by molar-refractivity contribution is 7.88. The second kappa shape index (κ2) is 5.29. The van der Waals surface area contributed by atoms with Crippen LogP contribution in [0.25, 0.3) is 11.0 Å². The quantitative estimate of drug-likeness (QED) is 0.868. The van der Waals surface area contributed by atoms with E-state index in [1.54, 1.807) is 12.4 Å². The van der Waals surface area contributed by atoms with E-state index in [2.05, 4.69) is 14.7 Å². The molecule has 8 heteroatoms. The summed E-state index contributed by atoms with van der Waals surface area (Å²) in [6.45, 7) is 1.34. The van der Waals surface area contributed by atoms with Crippen molar-refractivity contribution in [2.24, 2.45) is 5.41 Å². The number of likely N-dealkylation sites (tertiary alicyclic amines) is 1. The molecule has 1 amide bonds. The van der Waals surface area contributed by atoms with Gasteiger partial charge in [0.2, 0.25) is 10.0 Å². The number of fused-ring (bicyclic) bond motifs is 1. The monoisotopic (exact) mass is 348 g/mol. The van der Waals surface area contributed by atoms with Crippen LogP contribution < -0.4 is 4.72 Å². The molecule has 1 aliphatic carbocycles. The zero-order valence-electron chi connectivity index (χ0n) is 13.4. The summed E-state index contributed by atoms with van der Waals surface area (Å²) in [5.41, 5.74) is 2.41. The first kappa shape index (κ1) is 15.6. The number of imidazole rings is 1. The largest absolute Gasteiger partial charge is 0.345 e. The fourth-order valence-electron chi connectivity index (χ4n) is 3.73. The molecule has 1 unspecified atom stereocenters. The minimum absolute atomic E-state index is 0.0228. The number of rotatable bonds is 3. The van der Waals surface area contributed by atoms with Gasteiger partial charge in [-0.15, -0.1) is 0 Å². The molecule has 4 rings (SSSR count). The zero-order chi connectivity index (χ0) is 16.9. The molecule has 0 radical (unpaired) electrons. The van der Waals surface area contributed by atoms with Crippen LogP contribution in [0.1, 0.15) is 29.6 Å². The Hall–Kier alpha value is -1.93. The van der Waals surface area contributed by atoms with Crippen molar-refractivity contribution in [2.45, 2.75) is 25.3 Å². The van der Waals surface area contributed by atoms with Crippen LogP contribution in [0.3, 0.4) is 0 Å². The summed E-state index contributed by atoms with van der Waals surface area (Å²) in [5, 5.41) is 0. The number of piperidine rings is 1. The predicted octanol–water partition coefficient (Wildman–Crippen LogP) is 1.11. The fourth-order valence-corrected chi connectivity index (χ4v) is 4.58. The van der Waals surface area contributed by atoms with Crippen molar-refractivity contribution < 1.29 is 13.2 Å². The van der Waals surface area contributed by atoms with Gasteiger partial charge in [-0.3, -0.25) is 4.79 Å². The lowest BCUT2D eigenvalue weighted by molar-refractivity contribution is 0.0674. The molecule has 24 heavy (non-hydrogen) atoms. The van der Waals surface area contributed by atoms with Crippen LogP contribution in [-0.2, 0) is 10.0 Å². The number of aromatic amines is 1. The average molecular weight is 348 g/mol. The highest BCUT2D eigenvalue weighted by Crippen LogP contribution is 2.54. The van der Waals surface area contributed by atoms with Gasteiger partial charge in [-0.25, -0.2) is 18.1 Å². The lowest BCUT2D eigenvalue weighted by Gasteiger charge is -2.33. The van der Waals surface area contributed by atoms with Crippen LogP contribution in [0.2, 0.25) is 0 Å². The number of amides is 1. The van der Waals surface area contributed by atoms with Crippen LogP contribution in [0.4, 0.5) is 0 Å². The molecule has 2 fully saturated rings. The minimum Gasteiger partial charge on any atom is -0.345 e. The molecule has 1 saturated heterocycles. The molecule has 128 valence electrons. The Bertz CT molecular complexity index is 897. The van der Waals surface area contributed by atoms with Gasteiger partial charge in [0.15, 0.2) is 0 Å². The van der Waals surface area contributed by atoms with Gasteiger partial charge in [0.1, 0.15) is 0 Å². The second-order valence-corrected chi connectivity index (χ2v) is 8.72. The summed E-state index contributed by atoms with van der Waals surface area (Å²) in [6.07, 6.45) is 5.38. The van der Waals surface area contributed by atoms with Gasteiger partial charge < -0.3 is 9.88 Å². The fraction of sp³-hybridized carbons (Fsp3) is 0.500. The molecule has 2 heterocycles. The molecule has 2 aromatic rings. The summed E-state index contributed by atoms with van der Waals surface area (Å²) in [7, 11) is -3.16. The summed E-state index contributed by atoms with van der Waals surface area (Å²) in [5.74, 6) is 0.0228. The molecule has 0 bridgehead atoms. The lowest BCUT2D eigenvalue weighted by atomic mass is 9.92. The second-order valence-electron chi connectivity index (χ2n) is 6.94. The molecule has 1 spiro atoms. The Morgan fingerprint density at radius 2 is 2.12 bits per heavy atom. The van der Waals surface area contributed by atoms with Crippen molar-refractivity contribution >= 4 is 27.0 Å². The van der Waals surface area contributed by atoms with Crippen molar-refractivity contribution in [3.05, 3.63) is 30.1 Å². The van der Waals surface area contributed by atoms with Gasteiger partial charge in [-0.2, -0.15) is 0 Å². The number of hydrogen-bond donors (Lipinski definition) is 2.